The van der Waals surface area contributed by atoms with Crippen molar-refractivity contribution < 1.29 is 0 Å². The summed E-state index contributed by atoms with van der Waals surface area (Å²) in [6, 6.07) is 0.742. The minimum absolute atomic E-state index is 0.691. The standard InChI is InChI=1S/C19H39N/c1-4-6-7-8-9-10-11-12-13-14-15-19(16-17-19)18(3)20-5-2/h18,20H,4-17H2,1-3H3. The Balaban J connectivity index is 1.87. The monoisotopic (exact) mass is 281 g/mol. The number of rotatable bonds is 14. The minimum Gasteiger partial charge on any atom is -0.314 e. The van der Waals surface area contributed by atoms with Gasteiger partial charge in [-0.1, -0.05) is 78.1 Å². The van der Waals surface area contributed by atoms with Crippen LogP contribution in [-0.2, 0) is 0 Å². The van der Waals surface area contributed by atoms with Crippen LogP contribution >= 0.6 is 0 Å². The normalized spacial score (nSPS) is 18.1. The van der Waals surface area contributed by atoms with Crippen LogP contribution in [-0.4, -0.2) is 12.6 Å². The SMILES string of the molecule is CCCCCCCCCCCCC1(C(C)NCC)CC1. The third kappa shape index (κ3) is 7.11. The second kappa shape index (κ2) is 10.7. The average molecular weight is 282 g/mol. The Morgan fingerprint density at radius 3 is 1.75 bits per heavy atom. The maximum Gasteiger partial charge on any atom is 0.00950 e. The van der Waals surface area contributed by atoms with Crippen molar-refractivity contribution in [1.29, 1.82) is 0 Å². The molecule has 0 aromatic rings. The van der Waals surface area contributed by atoms with Gasteiger partial charge < -0.3 is 5.32 Å². The highest BCUT2D eigenvalue weighted by Gasteiger charge is 2.45. The largest absolute Gasteiger partial charge is 0.314 e. The predicted octanol–water partition coefficient (Wildman–Crippen LogP) is 6.08. The van der Waals surface area contributed by atoms with Crippen molar-refractivity contribution in [2.75, 3.05) is 6.54 Å². The molecule has 1 N–H and O–H groups in total. The summed E-state index contributed by atoms with van der Waals surface area (Å²) in [6.07, 6.45) is 19.0. The summed E-state index contributed by atoms with van der Waals surface area (Å²) in [4.78, 5) is 0. The molecule has 0 radical (unpaired) electrons. The Morgan fingerprint density at radius 2 is 1.30 bits per heavy atom. The Morgan fingerprint density at radius 1 is 0.800 bits per heavy atom. The third-order valence-corrected chi connectivity index (χ3v) is 5.35. The smallest absolute Gasteiger partial charge is 0.00950 e. The molecule has 1 aliphatic rings. The fraction of sp³-hybridized carbons (Fsp3) is 1.00. The van der Waals surface area contributed by atoms with E-state index in [4.69, 9.17) is 0 Å². The highest BCUT2D eigenvalue weighted by molar-refractivity contribution is 4.99. The van der Waals surface area contributed by atoms with E-state index in [-0.39, 0.29) is 0 Å². The van der Waals surface area contributed by atoms with Gasteiger partial charge in [-0.05, 0) is 38.1 Å². The van der Waals surface area contributed by atoms with Gasteiger partial charge in [0.2, 0.25) is 0 Å². The average Bonchev–Trinajstić information content (AvgIpc) is 3.22. The lowest BCUT2D eigenvalue weighted by Crippen LogP contribution is -2.34. The van der Waals surface area contributed by atoms with Crippen molar-refractivity contribution in [1.82, 2.24) is 5.32 Å². The first-order valence-corrected chi connectivity index (χ1v) is 9.48. The molecule has 0 spiro atoms. The molecule has 1 atom stereocenters. The molecule has 1 rings (SSSR count). The minimum atomic E-state index is 0.691. The molecule has 0 aromatic carbocycles. The highest BCUT2D eigenvalue weighted by atomic mass is 14.9. The van der Waals surface area contributed by atoms with E-state index in [1.165, 1.54) is 83.5 Å². The molecule has 0 amide bonds. The van der Waals surface area contributed by atoms with Gasteiger partial charge in [0.15, 0.2) is 0 Å². The van der Waals surface area contributed by atoms with Gasteiger partial charge in [-0.25, -0.2) is 0 Å². The molecule has 1 heteroatoms. The lowest BCUT2D eigenvalue weighted by Gasteiger charge is -2.24. The lowest BCUT2D eigenvalue weighted by atomic mass is 9.90. The summed E-state index contributed by atoms with van der Waals surface area (Å²) in [6.45, 7) is 8.05. The van der Waals surface area contributed by atoms with Gasteiger partial charge in [-0.2, -0.15) is 0 Å². The van der Waals surface area contributed by atoms with Crippen molar-refractivity contribution in [2.45, 2.75) is 110 Å². The molecule has 0 aliphatic heterocycles. The Bertz CT molecular complexity index is 220. The summed E-state index contributed by atoms with van der Waals surface area (Å²) in [5.74, 6) is 0. The van der Waals surface area contributed by atoms with Crippen LogP contribution in [0, 0.1) is 5.41 Å². The summed E-state index contributed by atoms with van der Waals surface area (Å²) in [5.41, 5.74) is 0.691. The van der Waals surface area contributed by atoms with Crippen LogP contribution in [0.25, 0.3) is 0 Å². The van der Waals surface area contributed by atoms with E-state index in [1.54, 1.807) is 0 Å². The molecule has 120 valence electrons. The quantitative estimate of drug-likeness (QED) is 0.381. The Hall–Kier alpha value is -0.0400. The van der Waals surface area contributed by atoms with Gasteiger partial charge in [-0.15, -0.1) is 0 Å². The van der Waals surface area contributed by atoms with Crippen molar-refractivity contribution >= 4 is 0 Å². The highest BCUT2D eigenvalue weighted by Crippen LogP contribution is 2.52. The van der Waals surface area contributed by atoms with E-state index >= 15 is 0 Å². The van der Waals surface area contributed by atoms with E-state index in [0.717, 1.165) is 12.6 Å². The molecule has 0 heterocycles. The zero-order valence-corrected chi connectivity index (χ0v) is 14.5. The van der Waals surface area contributed by atoms with Crippen molar-refractivity contribution in [2.24, 2.45) is 5.41 Å². The number of unbranched alkanes of at least 4 members (excludes halogenated alkanes) is 9. The lowest BCUT2D eigenvalue weighted by molar-refractivity contribution is 0.323. The van der Waals surface area contributed by atoms with Gasteiger partial charge in [0, 0.05) is 6.04 Å². The Kier molecular flexibility index (Phi) is 9.59. The first-order chi connectivity index (χ1) is 9.75. The van der Waals surface area contributed by atoms with Crippen molar-refractivity contribution in [3.05, 3.63) is 0 Å². The topological polar surface area (TPSA) is 12.0 Å². The molecule has 1 aliphatic carbocycles. The maximum atomic E-state index is 3.63. The summed E-state index contributed by atoms with van der Waals surface area (Å²) in [7, 11) is 0. The number of hydrogen-bond acceptors (Lipinski definition) is 1. The Labute approximate surface area is 128 Å². The fourth-order valence-electron chi connectivity index (χ4n) is 3.55. The van der Waals surface area contributed by atoms with Crippen LogP contribution in [0.5, 0.6) is 0 Å². The zero-order valence-electron chi connectivity index (χ0n) is 14.5. The zero-order chi connectivity index (χ0) is 14.7. The van der Waals surface area contributed by atoms with Crippen LogP contribution in [0.4, 0.5) is 0 Å². The molecule has 0 aromatic heterocycles. The first kappa shape index (κ1) is 18.0. The van der Waals surface area contributed by atoms with Crippen LogP contribution in [0.15, 0.2) is 0 Å². The molecule has 1 nitrogen and oxygen atoms in total. The number of nitrogens with one attached hydrogen (secondary N) is 1. The molecule has 20 heavy (non-hydrogen) atoms. The van der Waals surface area contributed by atoms with Crippen LogP contribution < -0.4 is 5.32 Å². The van der Waals surface area contributed by atoms with Gasteiger partial charge in [0.25, 0.3) is 0 Å². The fourth-order valence-corrected chi connectivity index (χ4v) is 3.55. The number of hydrogen-bond donors (Lipinski definition) is 1. The van der Waals surface area contributed by atoms with Crippen LogP contribution in [0.1, 0.15) is 104 Å². The molecule has 0 saturated heterocycles. The van der Waals surface area contributed by atoms with E-state index in [9.17, 15) is 0 Å². The van der Waals surface area contributed by atoms with E-state index < -0.39 is 0 Å². The predicted molar refractivity (Wildman–Crippen MR) is 91.3 cm³/mol. The van der Waals surface area contributed by atoms with E-state index in [2.05, 4.69) is 26.1 Å². The second-order valence-electron chi connectivity index (χ2n) is 7.07. The molecule has 1 unspecified atom stereocenters. The summed E-state index contributed by atoms with van der Waals surface area (Å²) >= 11 is 0. The maximum absolute atomic E-state index is 3.63. The molecular weight excluding hydrogens is 242 g/mol. The first-order valence-electron chi connectivity index (χ1n) is 9.48. The molecule has 1 fully saturated rings. The van der Waals surface area contributed by atoms with E-state index in [1.807, 2.05) is 0 Å². The summed E-state index contributed by atoms with van der Waals surface area (Å²) in [5, 5.41) is 3.63. The van der Waals surface area contributed by atoms with Crippen LogP contribution in [0.2, 0.25) is 0 Å². The van der Waals surface area contributed by atoms with Gasteiger partial charge >= 0.3 is 0 Å². The second-order valence-corrected chi connectivity index (χ2v) is 7.07. The molecule has 0 bridgehead atoms. The van der Waals surface area contributed by atoms with Gasteiger partial charge in [-0.3, -0.25) is 0 Å². The van der Waals surface area contributed by atoms with Crippen molar-refractivity contribution in [3.63, 3.8) is 0 Å². The van der Waals surface area contributed by atoms with Gasteiger partial charge in [0.05, 0.1) is 0 Å². The van der Waals surface area contributed by atoms with E-state index in [0.29, 0.717) is 5.41 Å². The molecular formula is C19H39N. The van der Waals surface area contributed by atoms with Crippen LogP contribution in [0.3, 0.4) is 0 Å². The molecule has 1 saturated carbocycles. The summed E-state index contributed by atoms with van der Waals surface area (Å²) < 4.78 is 0. The van der Waals surface area contributed by atoms with Gasteiger partial charge in [0.1, 0.15) is 0 Å². The van der Waals surface area contributed by atoms with Crippen molar-refractivity contribution in [3.8, 4) is 0 Å². The third-order valence-electron chi connectivity index (χ3n) is 5.35.